The topological polar surface area (TPSA) is 144 Å². The Hall–Kier alpha value is -2.81. The number of aliphatic hydroxyl groups excluding tert-OH is 1. The van der Waals surface area contributed by atoms with E-state index >= 15 is 0 Å². The Bertz CT molecular complexity index is 1330. The highest BCUT2D eigenvalue weighted by Gasteiger charge is 2.81. The van der Waals surface area contributed by atoms with Gasteiger partial charge >= 0.3 is 17.9 Å². The number of allylic oxidation sites excluding steroid dienone is 2. The van der Waals surface area contributed by atoms with Gasteiger partial charge in [-0.15, -0.1) is 0 Å². The minimum Gasteiger partial charge on any atom is -0.481 e. The average molecular weight is 627 g/mol. The zero-order valence-electron chi connectivity index (χ0n) is 27.6. The lowest BCUT2D eigenvalue weighted by Crippen LogP contribution is -2.56. The SMILES string of the molecule is C=C(C(=O)[C@H](O)[C@@H](C)[C@H]1[C@@H](OC(C)=O)C[C@@]2(C)[C@@H]3CC[C@H]4[C@H](C)C(=O)C=C[C@@]45C[C@@]35CC[C@]12C)[C@@H](C)COC(=O)CCC(=O)O. The molecule has 2 spiro atoms. The van der Waals surface area contributed by atoms with Gasteiger partial charge in [-0.25, -0.2) is 0 Å². The molecule has 248 valence electrons. The quantitative estimate of drug-likeness (QED) is 0.237. The van der Waals surface area contributed by atoms with Crippen molar-refractivity contribution in [2.75, 3.05) is 6.61 Å². The number of carboxylic acids is 1. The molecule has 9 nitrogen and oxygen atoms in total. The number of carboxylic acid groups (broad SMARTS) is 1. The van der Waals surface area contributed by atoms with Crippen molar-refractivity contribution >= 4 is 29.5 Å². The van der Waals surface area contributed by atoms with E-state index in [2.05, 4.69) is 33.4 Å². The highest BCUT2D eigenvalue weighted by atomic mass is 16.5. The third kappa shape index (κ3) is 5.03. The first-order chi connectivity index (χ1) is 21.0. The molecule has 0 heterocycles. The minimum atomic E-state index is -1.39. The third-order valence-corrected chi connectivity index (χ3v) is 13.6. The zero-order valence-corrected chi connectivity index (χ0v) is 27.6. The molecular formula is C36H50O9. The van der Waals surface area contributed by atoms with Crippen molar-refractivity contribution < 1.29 is 43.7 Å². The molecule has 5 aliphatic carbocycles. The highest BCUT2D eigenvalue weighted by Crippen LogP contribution is 2.87. The predicted octanol–water partition coefficient (Wildman–Crippen LogP) is 5.09. The lowest BCUT2D eigenvalue weighted by atomic mass is 9.43. The first-order valence-corrected chi connectivity index (χ1v) is 16.6. The van der Waals surface area contributed by atoms with Crippen LogP contribution in [0.1, 0.15) is 92.9 Å². The van der Waals surface area contributed by atoms with Crippen LogP contribution in [-0.4, -0.2) is 58.5 Å². The zero-order chi connectivity index (χ0) is 33.3. The fourth-order valence-corrected chi connectivity index (χ4v) is 11.1. The van der Waals surface area contributed by atoms with E-state index in [4.69, 9.17) is 14.6 Å². The summed E-state index contributed by atoms with van der Waals surface area (Å²) in [5.41, 5.74) is -0.214. The third-order valence-electron chi connectivity index (χ3n) is 13.6. The van der Waals surface area contributed by atoms with E-state index in [-0.39, 0.29) is 70.3 Å². The number of ketones is 2. The second-order valence-electron chi connectivity index (χ2n) is 15.5. The Morgan fingerprint density at radius 3 is 2.42 bits per heavy atom. The number of aliphatic carboxylic acids is 1. The number of hydrogen-bond donors (Lipinski definition) is 2. The van der Waals surface area contributed by atoms with Crippen LogP contribution in [0.15, 0.2) is 24.3 Å². The van der Waals surface area contributed by atoms with Gasteiger partial charge in [-0.2, -0.15) is 0 Å². The van der Waals surface area contributed by atoms with E-state index in [1.165, 1.54) is 6.92 Å². The number of fused-ring (bicyclic) bond motifs is 2. The van der Waals surface area contributed by atoms with Gasteiger partial charge in [0, 0.05) is 24.7 Å². The van der Waals surface area contributed by atoms with E-state index in [0.29, 0.717) is 18.3 Å². The molecule has 12 atom stereocenters. The summed E-state index contributed by atoms with van der Waals surface area (Å²) >= 11 is 0. The molecule has 5 aliphatic rings. The van der Waals surface area contributed by atoms with Crippen LogP contribution in [0.4, 0.5) is 0 Å². The minimum absolute atomic E-state index is 0.0338. The van der Waals surface area contributed by atoms with Crippen LogP contribution in [0.5, 0.6) is 0 Å². The number of hydrogen-bond acceptors (Lipinski definition) is 8. The lowest BCUT2D eigenvalue weighted by Gasteiger charge is -2.61. The van der Waals surface area contributed by atoms with Crippen LogP contribution >= 0.6 is 0 Å². The van der Waals surface area contributed by atoms with Crippen molar-refractivity contribution in [1.82, 2.24) is 0 Å². The molecule has 4 fully saturated rings. The van der Waals surface area contributed by atoms with Crippen LogP contribution in [0, 0.1) is 57.2 Å². The van der Waals surface area contributed by atoms with Gasteiger partial charge in [-0.3, -0.25) is 24.0 Å². The summed E-state index contributed by atoms with van der Waals surface area (Å²) in [5.74, 6) is -3.07. The number of aliphatic hydroxyl groups is 1. The van der Waals surface area contributed by atoms with Gasteiger partial charge in [-0.1, -0.05) is 47.3 Å². The largest absolute Gasteiger partial charge is 0.481 e. The van der Waals surface area contributed by atoms with Crippen molar-refractivity contribution in [2.45, 2.75) is 105 Å². The molecule has 0 aromatic heterocycles. The Kier molecular flexibility index (Phi) is 8.55. The molecule has 2 N–H and O–H groups in total. The summed E-state index contributed by atoms with van der Waals surface area (Å²) in [6.07, 6.45) is 7.23. The average Bonchev–Trinajstić information content (AvgIpc) is 3.59. The van der Waals surface area contributed by atoms with Crippen molar-refractivity contribution in [3.8, 4) is 0 Å². The van der Waals surface area contributed by atoms with Crippen molar-refractivity contribution in [1.29, 1.82) is 0 Å². The molecule has 0 aromatic carbocycles. The van der Waals surface area contributed by atoms with Gasteiger partial charge in [0.05, 0.1) is 19.4 Å². The molecule has 5 rings (SSSR count). The molecular weight excluding hydrogens is 576 g/mol. The monoisotopic (exact) mass is 626 g/mol. The second kappa shape index (κ2) is 11.5. The number of esters is 2. The summed E-state index contributed by atoms with van der Waals surface area (Å²) in [4.78, 5) is 61.3. The lowest BCUT2D eigenvalue weighted by molar-refractivity contribution is -0.155. The second-order valence-corrected chi connectivity index (χ2v) is 15.5. The summed E-state index contributed by atoms with van der Waals surface area (Å²) < 4.78 is 11.2. The molecule has 0 radical (unpaired) electrons. The van der Waals surface area contributed by atoms with E-state index in [1.54, 1.807) is 6.92 Å². The van der Waals surface area contributed by atoms with Gasteiger partial charge in [0.1, 0.15) is 12.2 Å². The number of Topliss-reactive ketones (excluding diaryl/α,β-unsaturated/α-hetero) is 1. The molecule has 0 unspecified atom stereocenters. The molecule has 0 aliphatic heterocycles. The molecule has 0 amide bonds. The standard InChI is InChI=1S/C36H50O9/c1-19(17-44-29(41)11-10-28(39)40)20(2)31(42)32(43)22(4)30-26(45-23(5)37)16-34(7)27-9-8-24-21(3)25(38)12-13-35(24)18-36(27,35)15-14-33(30,34)6/h12-13,19,21-22,24,26-27,30,32,43H,2,8-11,14-18H2,1,3-7H3,(H,39,40)/t19-,21-,22-,24-,26-,27-,30-,32+,33+,34-,35+,36-/m0/s1. The van der Waals surface area contributed by atoms with Crippen LogP contribution in [0.3, 0.4) is 0 Å². The number of rotatable bonds is 11. The normalized spacial score (nSPS) is 41.3. The molecule has 9 heteroatoms. The Balaban J connectivity index is 1.36. The predicted molar refractivity (Wildman–Crippen MR) is 164 cm³/mol. The van der Waals surface area contributed by atoms with Crippen LogP contribution in [-0.2, 0) is 33.4 Å². The van der Waals surface area contributed by atoms with E-state index < -0.39 is 41.8 Å². The van der Waals surface area contributed by atoms with Crippen LogP contribution < -0.4 is 0 Å². The molecule has 0 bridgehead atoms. The Morgan fingerprint density at radius 2 is 1.78 bits per heavy atom. The van der Waals surface area contributed by atoms with E-state index in [1.807, 2.05) is 13.0 Å². The maximum absolute atomic E-state index is 13.6. The van der Waals surface area contributed by atoms with Crippen molar-refractivity contribution in [2.24, 2.45) is 57.2 Å². The van der Waals surface area contributed by atoms with E-state index in [0.717, 1.165) is 32.1 Å². The summed E-state index contributed by atoms with van der Waals surface area (Å²) in [7, 11) is 0. The number of carbonyl (C=O) groups excluding carboxylic acids is 4. The van der Waals surface area contributed by atoms with Gasteiger partial charge < -0.3 is 19.7 Å². The summed E-state index contributed by atoms with van der Waals surface area (Å²) in [6, 6.07) is 0. The van der Waals surface area contributed by atoms with Gasteiger partial charge in [0.2, 0.25) is 0 Å². The highest BCUT2D eigenvalue weighted by molar-refractivity contribution is 5.98. The van der Waals surface area contributed by atoms with Gasteiger partial charge in [0.25, 0.3) is 0 Å². The Morgan fingerprint density at radius 1 is 1.09 bits per heavy atom. The maximum Gasteiger partial charge on any atom is 0.306 e. The maximum atomic E-state index is 13.6. The molecule has 0 aromatic rings. The first kappa shape index (κ1) is 33.6. The molecule has 4 saturated carbocycles. The van der Waals surface area contributed by atoms with Crippen LogP contribution in [0.25, 0.3) is 0 Å². The van der Waals surface area contributed by atoms with Crippen molar-refractivity contribution in [3.63, 3.8) is 0 Å². The van der Waals surface area contributed by atoms with Gasteiger partial charge in [0.15, 0.2) is 11.6 Å². The molecule has 0 saturated heterocycles. The summed E-state index contributed by atoms with van der Waals surface area (Å²) in [5, 5.41) is 20.3. The summed E-state index contributed by atoms with van der Waals surface area (Å²) in [6.45, 7) is 15.4. The van der Waals surface area contributed by atoms with Gasteiger partial charge in [-0.05, 0) is 89.6 Å². The van der Waals surface area contributed by atoms with E-state index in [9.17, 15) is 29.1 Å². The Labute approximate surface area is 266 Å². The smallest absolute Gasteiger partial charge is 0.306 e. The number of ether oxygens (including phenoxy) is 2. The molecule has 45 heavy (non-hydrogen) atoms. The number of carbonyl (C=O) groups is 5. The first-order valence-electron chi connectivity index (χ1n) is 16.6. The fourth-order valence-electron chi connectivity index (χ4n) is 11.1. The van der Waals surface area contributed by atoms with Crippen LogP contribution in [0.2, 0.25) is 0 Å². The van der Waals surface area contributed by atoms with Crippen molar-refractivity contribution in [3.05, 3.63) is 24.3 Å². The fraction of sp³-hybridized carbons (Fsp3) is 0.750.